The zero-order valence-corrected chi connectivity index (χ0v) is 13.6. The first-order valence-electron chi connectivity index (χ1n) is 6.51. The summed E-state index contributed by atoms with van der Waals surface area (Å²) in [4.78, 5) is 9.98. The van der Waals surface area contributed by atoms with Crippen LogP contribution in [-0.2, 0) is 10.0 Å². The van der Waals surface area contributed by atoms with Crippen LogP contribution < -0.4 is 10.5 Å². The molecule has 21 heavy (non-hydrogen) atoms. The van der Waals surface area contributed by atoms with Crippen LogP contribution in [0.2, 0.25) is 0 Å². The van der Waals surface area contributed by atoms with E-state index in [1.807, 2.05) is 0 Å². The van der Waals surface area contributed by atoms with Gasteiger partial charge in [-0.2, -0.15) is 0 Å². The smallest absolute Gasteiger partial charge is 0.289 e. The third kappa shape index (κ3) is 4.00. The molecule has 0 atom stereocenters. The molecule has 0 aliphatic heterocycles. The fraction of sp³-hybridized carbons (Fsp3) is 0.500. The lowest BCUT2D eigenvalue weighted by atomic mass is 9.93. The van der Waals surface area contributed by atoms with Gasteiger partial charge in [-0.25, -0.2) is 13.1 Å². The van der Waals surface area contributed by atoms with Gasteiger partial charge in [-0.1, -0.05) is 15.9 Å². The van der Waals surface area contributed by atoms with Gasteiger partial charge in [-0.3, -0.25) is 10.1 Å². The Balaban J connectivity index is 2.27. The number of sulfonamides is 1. The van der Waals surface area contributed by atoms with E-state index < -0.39 is 20.6 Å². The van der Waals surface area contributed by atoms with Crippen molar-refractivity contribution in [2.24, 2.45) is 5.73 Å². The number of nitrogens with two attached hydrogens (primary N) is 1. The van der Waals surface area contributed by atoms with Crippen molar-refractivity contribution in [1.29, 1.82) is 0 Å². The first kappa shape index (κ1) is 16.3. The molecule has 2 rings (SSSR count). The van der Waals surface area contributed by atoms with Crippen LogP contribution in [-0.4, -0.2) is 25.4 Å². The van der Waals surface area contributed by atoms with E-state index in [2.05, 4.69) is 20.7 Å². The fourth-order valence-electron chi connectivity index (χ4n) is 2.37. The first-order chi connectivity index (χ1) is 9.79. The van der Waals surface area contributed by atoms with E-state index in [1.54, 1.807) is 0 Å². The van der Waals surface area contributed by atoms with Crippen molar-refractivity contribution in [2.45, 2.75) is 42.7 Å². The van der Waals surface area contributed by atoms with E-state index in [0.29, 0.717) is 17.3 Å². The van der Waals surface area contributed by atoms with Gasteiger partial charge in [0.1, 0.15) is 0 Å². The number of benzene rings is 1. The van der Waals surface area contributed by atoms with Crippen molar-refractivity contribution >= 4 is 31.6 Å². The molecule has 0 spiro atoms. The predicted octanol–water partition coefficient (Wildman–Crippen LogP) is 1.91. The number of nitrogens with one attached hydrogen (secondary N) is 1. The normalized spacial score (nSPS) is 23.0. The molecule has 0 bridgehead atoms. The summed E-state index contributed by atoms with van der Waals surface area (Å²) in [5, 5.41) is 11.0. The lowest BCUT2D eigenvalue weighted by molar-refractivity contribution is -0.387. The van der Waals surface area contributed by atoms with Crippen LogP contribution in [0.5, 0.6) is 0 Å². The van der Waals surface area contributed by atoms with Crippen molar-refractivity contribution in [2.75, 3.05) is 0 Å². The minimum absolute atomic E-state index is 0.103. The van der Waals surface area contributed by atoms with E-state index in [4.69, 9.17) is 5.73 Å². The molecule has 1 saturated carbocycles. The maximum absolute atomic E-state index is 12.4. The lowest BCUT2D eigenvalue weighted by Crippen LogP contribution is -2.40. The van der Waals surface area contributed by atoms with Gasteiger partial charge in [-0.05, 0) is 37.8 Å². The Morgan fingerprint density at radius 3 is 2.48 bits per heavy atom. The van der Waals surface area contributed by atoms with Gasteiger partial charge >= 0.3 is 0 Å². The van der Waals surface area contributed by atoms with Crippen LogP contribution in [0.25, 0.3) is 0 Å². The second-order valence-electron chi connectivity index (χ2n) is 5.10. The Hall–Kier alpha value is -1.03. The predicted molar refractivity (Wildman–Crippen MR) is 81.3 cm³/mol. The first-order valence-corrected chi connectivity index (χ1v) is 8.79. The second kappa shape index (κ2) is 6.39. The standard InChI is InChI=1S/C12H16BrN3O4S/c13-8-1-6-11(16(17)18)12(7-8)21(19,20)15-10-4-2-9(14)3-5-10/h1,6-7,9-10,15H,2-5,14H2. The molecule has 0 radical (unpaired) electrons. The lowest BCUT2D eigenvalue weighted by Gasteiger charge is -2.26. The number of hydrogen-bond donors (Lipinski definition) is 2. The van der Waals surface area contributed by atoms with Gasteiger partial charge in [0.25, 0.3) is 5.69 Å². The summed E-state index contributed by atoms with van der Waals surface area (Å²) in [6.45, 7) is 0. The third-order valence-electron chi connectivity index (χ3n) is 3.50. The number of rotatable bonds is 4. The minimum atomic E-state index is -3.94. The molecule has 1 aliphatic rings. The van der Waals surface area contributed by atoms with Crippen molar-refractivity contribution in [3.63, 3.8) is 0 Å². The molecule has 0 aromatic heterocycles. The van der Waals surface area contributed by atoms with Crippen LogP contribution in [0.1, 0.15) is 25.7 Å². The van der Waals surface area contributed by atoms with Crippen LogP contribution >= 0.6 is 15.9 Å². The maximum Gasteiger partial charge on any atom is 0.289 e. The monoisotopic (exact) mass is 377 g/mol. The molecule has 116 valence electrons. The zero-order chi connectivity index (χ0) is 15.6. The Labute approximate surface area is 131 Å². The number of nitro benzene ring substituents is 1. The average Bonchev–Trinajstić information content (AvgIpc) is 2.41. The number of nitrogens with zero attached hydrogens (tertiary/aromatic N) is 1. The summed E-state index contributed by atoms with van der Waals surface area (Å²) in [5.74, 6) is 0. The van der Waals surface area contributed by atoms with E-state index in [0.717, 1.165) is 12.8 Å². The van der Waals surface area contributed by atoms with Crippen LogP contribution in [0, 0.1) is 10.1 Å². The van der Waals surface area contributed by atoms with Gasteiger partial charge in [0.2, 0.25) is 10.0 Å². The van der Waals surface area contributed by atoms with Crippen molar-refractivity contribution < 1.29 is 13.3 Å². The van der Waals surface area contributed by atoms with E-state index in [-0.39, 0.29) is 17.0 Å². The summed E-state index contributed by atoms with van der Waals surface area (Å²) >= 11 is 3.14. The van der Waals surface area contributed by atoms with Crippen LogP contribution in [0.3, 0.4) is 0 Å². The zero-order valence-electron chi connectivity index (χ0n) is 11.2. The van der Waals surface area contributed by atoms with Gasteiger partial charge in [-0.15, -0.1) is 0 Å². The van der Waals surface area contributed by atoms with E-state index >= 15 is 0 Å². The Kier molecular flexibility index (Phi) is 4.97. The van der Waals surface area contributed by atoms with Gasteiger partial charge < -0.3 is 5.73 Å². The van der Waals surface area contributed by atoms with Crippen molar-refractivity contribution in [3.8, 4) is 0 Å². The summed E-state index contributed by atoms with van der Waals surface area (Å²) in [6.07, 6.45) is 2.77. The summed E-state index contributed by atoms with van der Waals surface area (Å²) in [7, 11) is -3.94. The summed E-state index contributed by atoms with van der Waals surface area (Å²) < 4.78 is 27.8. The number of nitro groups is 1. The van der Waals surface area contributed by atoms with Gasteiger partial charge in [0.15, 0.2) is 4.90 Å². The second-order valence-corrected chi connectivity index (χ2v) is 7.70. The molecule has 0 amide bonds. The average molecular weight is 378 g/mol. The van der Waals surface area contributed by atoms with E-state index in [1.165, 1.54) is 18.2 Å². The highest BCUT2D eigenvalue weighted by molar-refractivity contribution is 9.10. The van der Waals surface area contributed by atoms with Gasteiger partial charge in [0, 0.05) is 22.6 Å². The molecule has 0 saturated heterocycles. The summed E-state index contributed by atoms with van der Waals surface area (Å²) in [6, 6.07) is 3.74. The molecular weight excluding hydrogens is 362 g/mol. The van der Waals surface area contributed by atoms with Crippen molar-refractivity contribution in [1.82, 2.24) is 4.72 Å². The third-order valence-corrected chi connectivity index (χ3v) is 5.54. The molecule has 1 aromatic rings. The van der Waals surface area contributed by atoms with Crippen molar-refractivity contribution in [3.05, 3.63) is 32.8 Å². The maximum atomic E-state index is 12.4. The Bertz CT molecular complexity index is 642. The fourth-order valence-corrected chi connectivity index (χ4v) is 4.39. The molecule has 0 heterocycles. The highest BCUT2D eigenvalue weighted by Crippen LogP contribution is 2.28. The highest BCUT2D eigenvalue weighted by Gasteiger charge is 2.29. The molecular formula is C12H16BrN3O4S. The summed E-state index contributed by atoms with van der Waals surface area (Å²) in [5.41, 5.74) is 5.35. The largest absolute Gasteiger partial charge is 0.328 e. The van der Waals surface area contributed by atoms with Gasteiger partial charge in [0.05, 0.1) is 4.92 Å². The molecule has 3 N–H and O–H groups in total. The van der Waals surface area contributed by atoms with E-state index in [9.17, 15) is 18.5 Å². The molecule has 9 heteroatoms. The molecule has 1 aliphatic carbocycles. The minimum Gasteiger partial charge on any atom is -0.328 e. The number of halogens is 1. The molecule has 7 nitrogen and oxygen atoms in total. The molecule has 0 unspecified atom stereocenters. The number of hydrogen-bond acceptors (Lipinski definition) is 5. The quantitative estimate of drug-likeness (QED) is 0.613. The topological polar surface area (TPSA) is 115 Å². The Morgan fingerprint density at radius 2 is 1.90 bits per heavy atom. The Morgan fingerprint density at radius 1 is 1.29 bits per heavy atom. The van der Waals surface area contributed by atoms with Crippen LogP contribution in [0.15, 0.2) is 27.6 Å². The SMILES string of the molecule is NC1CCC(NS(=O)(=O)c2cc(Br)ccc2[N+](=O)[O-])CC1. The molecule has 1 fully saturated rings. The van der Waals surface area contributed by atoms with Crippen LogP contribution in [0.4, 0.5) is 5.69 Å². The highest BCUT2D eigenvalue weighted by atomic mass is 79.9. The molecule has 1 aromatic carbocycles.